The molecule has 132 valence electrons. The average molecular weight is 372 g/mol. The van der Waals surface area contributed by atoms with Gasteiger partial charge in [-0.1, -0.05) is 6.92 Å². The number of aromatic nitrogens is 1. The molecule has 0 spiro atoms. The van der Waals surface area contributed by atoms with Crippen molar-refractivity contribution in [2.24, 2.45) is 5.92 Å². The van der Waals surface area contributed by atoms with Crippen LogP contribution in [0, 0.1) is 12.8 Å². The fourth-order valence-electron chi connectivity index (χ4n) is 2.79. The molecule has 1 fully saturated rings. The van der Waals surface area contributed by atoms with Gasteiger partial charge in [0.2, 0.25) is 0 Å². The van der Waals surface area contributed by atoms with Crippen LogP contribution in [0.1, 0.15) is 29.4 Å². The summed E-state index contributed by atoms with van der Waals surface area (Å²) in [5, 5.41) is 6.44. The lowest BCUT2D eigenvalue weighted by Gasteiger charge is -2.30. The number of aryl methyl sites for hydroxylation is 1. The summed E-state index contributed by atoms with van der Waals surface area (Å²) in [6.07, 6.45) is 2.70. The first kappa shape index (κ1) is 20.5. The predicted octanol–water partition coefficient (Wildman–Crippen LogP) is 3.22. The number of hydrogen-bond donors (Lipinski definition) is 2. The Bertz CT molecular complexity index is 662. The summed E-state index contributed by atoms with van der Waals surface area (Å²) in [6.45, 7) is 5.87. The number of rotatable bonds is 3. The molecule has 2 aromatic rings. The summed E-state index contributed by atoms with van der Waals surface area (Å²) in [5.41, 5.74) is 2.07. The van der Waals surface area contributed by atoms with E-state index < -0.39 is 0 Å². The summed E-state index contributed by atoms with van der Waals surface area (Å²) in [5.74, 6) is 1.14. The Morgan fingerprint density at radius 2 is 2.12 bits per heavy atom. The lowest BCUT2D eigenvalue weighted by atomic mass is 9.94. The Balaban J connectivity index is 0.00000144. The van der Waals surface area contributed by atoms with Crippen molar-refractivity contribution in [2.45, 2.75) is 26.3 Å². The maximum atomic E-state index is 12.5. The van der Waals surface area contributed by atoms with E-state index in [0.29, 0.717) is 22.9 Å². The third-order valence-electron chi connectivity index (χ3n) is 4.25. The van der Waals surface area contributed by atoms with Gasteiger partial charge in [0.25, 0.3) is 5.91 Å². The first-order chi connectivity index (χ1) is 10.6. The minimum absolute atomic E-state index is 0. The van der Waals surface area contributed by atoms with E-state index in [1.165, 1.54) is 0 Å². The SMILES string of the molecule is Cc1nc(-c2ccco2)ccc1C(=O)NC1CNCCC1C.Cl.Cl. The van der Waals surface area contributed by atoms with Crippen molar-refractivity contribution in [1.29, 1.82) is 0 Å². The van der Waals surface area contributed by atoms with Gasteiger partial charge in [0.15, 0.2) is 5.76 Å². The lowest BCUT2D eigenvalue weighted by molar-refractivity contribution is 0.0914. The zero-order valence-corrected chi connectivity index (χ0v) is 15.4. The van der Waals surface area contributed by atoms with Gasteiger partial charge in [0.1, 0.15) is 5.69 Å². The molecule has 5 nitrogen and oxygen atoms in total. The zero-order valence-electron chi connectivity index (χ0n) is 13.7. The maximum Gasteiger partial charge on any atom is 0.253 e. The molecule has 0 aromatic carbocycles. The molecule has 2 unspecified atom stereocenters. The van der Waals surface area contributed by atoms with Gasteiger partial charge in [-0.15, -0.1) is 24.8 Å². The second-order valence-corrected chi connectivity index (χ2v) is 5.86. The van der Waals surface area contributed by atoms with Gasteiger partial charge < -0.3 is 15.1 Å². The molecule has 2 atom stereocenters. The second-order valence-electron chi connectivity index (χ2n) is 5.86. The minimum Gasteiger partial charge on any atom is -0.463 e. The van der Waals surface area contributed by atoms with Gasteiger partial charge in [-0.3, -0.25) is 4.79 Å². The highest BCUT2D eigenvalue weighted by molar-refractivity contribution is 5.95. The molecule has 0 bridgehead atoms. The number of nitrogens with zero attached hydrogens (tertiary/aromatic N) is 1. The average Bonchev–Trinajstić information content (AvgIpc) is 3.03. The van der Waals surface area contributed by atoms with Gasteiger partial charge >= 0.3 is 0 Å². The molecule has 1 aliphatic rings. The Kier molecular flexibility index (Phi) is 7.73. The van der Waals surface area contributed by atoms with Crippen molar-refractivity contribution >= 4 is 30.7 Å². The Hall–Kier alpha value is -1.56. The van der Waals surface area contributed by atoms with Crippen molar-refractivity contribution in [1.82, 2.24) is 15.6 Å². The molecule has 0 aliphatic carbocycles. The van der Waals surface area contributed by atoms with Crippen LogP contribution in [-0.2, 0) is 0 Å². The van der Waals surface area contributed by atoms with Gasteiger partial charge in [0, 0.05) is 12.6 Å². The number of nitrogens with one attached hydrogen (secondary N) is 2. The number of furan rings is 1. The summed E-state index contributed by atoms with van der Waals surface area (Å²) >= 11 is 0. The van der Waals surface area contributed by atoms with Crippen LogP contribution in [0.2, 0.25) is 0 Å². The van der Waals surface area contributed by atoms with Gasteiger partial charge in [0.05, 0.1) is 17.5 Å². The Morgan fingerprint density at radius 3 is 2.75 bits per heavy atom. The smallest absolute Gasteiger partial charge is 0.253 e. The van der Waals surface area contributed by atoms with Crippen LogP contribution in [0.3, 0.4) is 0 Å². The zero-order chi connectivity index (χ0) is 15.5. The van der Waals surface area contributed by atoms with Crippen LogP contribution in [0.4, 0.5) is 0 Å². The van der Waals surface area contributed by atoms with Crippen molar-refractivity contribution in [3.05, 3.63) is 41.8 Å². The van der Waals surface area contributed by atoms with Crippen LogP contribution in [-0.4, -0.2) is 30.0 Å². The van der Waals surface area contributed by atoms with Crippen molar-refractivity contribution in [2.75, 3.05) is 13.1 Å². The third kappa shape index (κ3) is 4.50. The molecule has 0 radical (unpaired) electrons. The van der Waals surface area contributed by atoms with Crippen LogP contribution >= 0.6 is 24.8 Å². The number of pyridine rings is 1. The first-order valence-corrected chi connectivity index (χ1v) is 7.68. The summed E-state index contributed by atoms with van der Waals surface area (Å²) in [6, 6.07) is 7.49. The highest BCUT2D eigenvalue weighted by Gasteiger charge is 2.23. The van der Waals surface area contributed by atoms with Gasteiger partial charge in [-0.05, 0) is 50.1 Å². The third-order valence-corrected chi connectivity index (χ3v) is 4.25. The fourth-order valence-corrected chi connectivity index (χ4v) is 2.79. The highest BCUT2D eigenvalue weighted by atomic mass is 35.5. The number of carbonyl (C=O) groups excluding carboxylic acids is 1. The Labute approximate surface area is 154 Å². The predicted molar refractivity (Wildman–Crippen MR) is 99.1 cm³/mol. The van der Waals surface area contributed by atoms with E-state index in [0.717, 1.165) is 25.2 Å². The van der Waals surface area contributed by atoms with Gasteiger partial charge in [-0.2, -0.15) is 0 Å². The Morgan fingerprint density at radius 1 is 1.33 bits per heavy atom. The molecule has 2 aromatic heterocycles. The lowest BCUT2D eigenvalue weighted by Crippen LogP contribution is -2.50. The monoisotopic (exact) mass is 371 g/mol. The molecule has 2 N–H and O–H groups in total. The van der Waals surface area contributed by atoms with E-state index in [9.17, 15) is 4.79 Å². The van der Waals surface area contributed by atoms with Crippen molar-refractivity contribution in [3.8, 4) is 11.5 Å². The van der Waals surface area contributed by atoms with Crippen molar-refractivity contribution < 1.29 is 9.21 Å². The van der Waals surface area contributed by atoms with E-state index in [1.807, 2.05) is 31.2 Å². The molecule has 1 saturated heterocycles. The second kappa shape index (κ2) is 9.06. The van der Waals surface area contributed by atoms with Crippen LogP contribution < -0.4 is 10.6 Å². The van der Waals surface area contributed by atoms with E-state index >= 15 is 0 Å². The number of hydrogen-bond acceptors (Lipinski definition) is 4. The van der Waals surface area contributed by atoms with E-state index in [4.69, 9.17) is 4.42 Å². The normalized spacial score (nSPS) is 19.8. The molecule has 3 rings (SSSR count). The van der Waals surface area contributed by atoms with Crippen LogP contribution in [0.5, 0.6) is 0 Å². The number of carbonyl (C=O) groups is 1. The molecule has 3 heterocycles. The standard InChI is InChI=1S/C17H21N3O2.2ClH/c1-11-7-8-18-10-15(11)20-17(21)13-5-6-14(19-12(13)2)16-4-3-9-22-16;;/h3-6,9,11,15,18H,7-8,10H2,1-2H3,(H,20,21);2*1H. The molecular weight excluding hydrogens is 349 g/mol. The highest BCUT2D eigenvalue weighted by Crippen LogP contribution is 2.20. The quantitative estimate of drug-likeness (QED) is 0.868. The molecule has 1 aliphatic heterocycles. The molecule has 0 saturated carbocycles. The van der Waals surface area contributed by atoms with Crippen LogP contribution in [0.25, 0.3) is 11.5 Å². The van der Waals surface area contributed by atoms with E-state index in [-0.39, 0.29) is 36.8 Å². The molecular formula is C17H23Cl2N3O2. The van der Waals surface area contributed by atoms with E-state index in [1.54, 1.807) is 6.26 Å². The maximum absolute atomic E-state index is 12.5. The fraction of sp³-hybridized carbons (Fsp3) is 0.412. The topological polar surface area (TPSA) is 67.2 Å². The summed E-state index contributed by atoms with van der Waals surface area (Å²) < 4.78 is 5.34. The number of halogens is 2. The minimum atomic E-state index is -0.0588. The molecule has 7 heteroatoms. The summed E-state index contributed by atoms with van der Waals surface area (Å²) in [7, 11) is 0. The largest absolute Gasteiger partial charge is 0.463 e. The number of piperidine rings is 1. The van der Waals surface area contributed by atoms with E-state index in [2.05, 4.69) is 22.5 Å². The van der Waals surface area contributed by atoms with Crippen LogP contribution in [0.15, 0.2) is 34.9 Å². The van der Waals surface area contributed by atoms with Crippen molar-refractivity contribution in [3.63, 3.8) is 0 Å². The molecule has 1 amide bonds. The summed E-state index contributed by atoms with van der Waals surface area (Å²) in [4.78, 5) is 17.0. The first-order valence-electron chi connectivity index (χ1n) is 7.68. The number of amides is 1. The van der Waals surface area contributed by atoms with Gasteiger partial charge in [-0.25, -0.2) is 4.98 Å². The molecule has 24 heavy (non-hydrogen) atoms.